The number of ether oxygens (including phenoxy) is 2. The molecule has 3 rings (SSSR count). The van der Waals surface area contributed by atoms with Crippen molar-refractivity contribution in [1.29, 1.82) is 0 Å². The Labute approximate surface area is 190 Å². The summed E-state index contributed by atoms with van der Waals surface area (Å²) in [5, 5.41) is 5.02. The largest absolute Gasteiger partial charge is 0.493 e. The van der Waals surface area contributed by atoms with E-state index in [9.17, 15) is 4.79 Å². The standard InChI is InChI=1S/C24H26BrN3O3/c1-6-8-17-11-16(12-21(31-7-2)22(17)30-5)14-26-28-23(15(3)4)27-20-10-9-18(25)13-19(20)24(28)29/h6,9-15H,1,7-8H2,2-5H3. The molecule has 2 aromatic carbocycles. The van der Waals surface area contributed by atoms with Crippen LogP contribution in [0.1, 0.15) is 43.6 Å². The van der Waals surface area contributed by atoms with Gasteiger partial charge in [0.2, 0.25) is 0 Å². The first-order chi connectivity index (χ1) is 14.9. The van der Waals surface area contributed by atoms with Gasteiger partial charge in [-0.3, -0.25) is 4.79 Å². The SMILES string of the molecule is C=CCc1cc(C=Nn2c(C(C)C)nc3ccc(Br)cc3c2=O)cc(OCC)c1OC. The van der Waals surface area contributed by atoms with Crippen molar-refractivity contribution < 1.29 is 9.47 Å². The molecule has 0 atom stereocenters. The van der Waals surface area contributed by atoms with Crippen molar-refractivity contribution in [3.8, 4) is 11.5 Å². The van der Waals surface area contributed by atoms with E-state index in [2.05, 4.69) is 32.6 Å². The highest BCUT2D eigenvalue weighted by Gasteiger charge is 2.15. The van der Waals surface area contributed by atoms with Gasteiger partial charge in [-0.1, -0.05) is 35.9 Å². The minimum Gasteiger partial charge on any atom is -0.493 e. The maximum Gasteiger partial charge on any atom is 0.282 e. The highest BCUT2D eigenvalue weighted by Crippen LogP contribution is 2.33. The third kappa shape index (κ3) is 4.88. The van der Waals surface area contributed by atoms with E-state index in [-0.39, 0.29) is 11.5 Å². The molecule has 0 saturated carbocycles. The molecule has 0 bridgehead atoms. The van der Waals surface area contributed by atoms with Gasteiger partial charge in [0.05, 0.1) is 30.8 Å². The normalized spacial score (nSPS) is 11.4. The molecule has 3 aromatic rings. The lowest BCUT2D eigenvalue weighted by Gasteiger charge is -2.15. The molecular formula is C24H26BrN3O3. The molecule has 7 heteroatoms. The van der Waals surface area contributed by atoms with Gasteiger partial charge in [-0.25, -0.2) is 4.98 Å². The highest BCUT2D eigenvalue weighted by atomic mass is 79.9. The van der Waals surface area contributed by atoms with Crippen LogP contribution in [0, 0.1) is 0 Å². The van der Waals surface area contributed by atoms with Gasteiger partial charge < -0.3 is 9.47 Å². The quantitative estimate of drug-likeness (QED) is 0.322. The number of benzene rings is 2. The van der Waals surface area contributed by atoms with E-state index >= 15 is 0 Å². The molecule has 162 valence electrons. The minimum atomic E-state index is -0.212. The predicted molar refractivity (Wildman–Crippen MR) is 129 cm³/mol. The predicted octanol–water partition coefficient (Wildman–Crippen LogP) is 5.30. The Morgan fingerprint density at radius 1 is 1.29 bits per heavy atom. The minimum absolute atomic E-state index is 0.0177. The maximum atomic E-state index is 13.2. The molecule has 1 heterocycles. The number of hydrogen-bond acceptors (Lipinski definition) is 5. The van der Waals surface area contributed by atoms with Gasteiger partial charge >= 0.3 is 0 Å². The number of aromatic nitrogens is 2. The summed E-state index contributed by atoms with van der Waals surface area (Å²) in [6.07, 6.45) is 4.07. The molecule has 0 N–H and O–H groups in total. The zero-order valence-corrected chi connectivity index (χ0v) is 19.8. The van der Waals surface area contributed by atoms with Crippen LogP contribution in [0.5, 0.6) is 11.5 Å². The van der Waals surface area contributed by atoms with Crippen LogP contribution in [-0.2, 0) is 6.42 Å². The van der Waals surface area contributed by atoms with Crippen LogP contribution >= 0.6 is 15.9 Å². The first-order valence-corrected chi connectivity index (χ1v) is 10.9. The number of halogens is 1. The van der Waals surface area contributed by atoms with E-state index in [0.29, 0.717) is 41.3 Å². The molecule has 0 unspecified atom stereocenters. The monoisotopic (exact) mass is 483 g/mol. The van der Waals surface area contributed by atoms with Gasteiger partial charge in [0.1, 0.15) is 5.82 Å². The first-order valence-electron chi connectivity index (χ1n) is 10.1. The summed E-state index contributed by atoms with van der Waals surface area (Å²) in [5.41, 5.74) is 2.16. The molecular weight excluding hydrogens is 458 g/mol. The van der Waals surface area contributed by atoms with Crippen molar-refractivity contribution in [1.82, 2.24) is 9.66 Å². The summed E-state index contributed by atoms with van der Waals surface area (Å²) in [6, 6.07) is 9.28. The lowest BCUT2D eigenvalue weighted by Crippen LogP contribution is -2.23. The van der Waals surface area contributed by atoms with E-state index in [1.807, 2.05) is 45.0 Å². The number of methoxy groups -OCH3 is 1. The Hall–Kier alpha value is -2.93. The number of nitrogens with zero attached hydrogens (tertiary/aromatic N) is 3. The van der Waals surface area contributed by atoms with E-state index in [1.54, 1.807) is 25.5 Å². The average molecular weight is 484 g/mol. The molecule has 0 saturated heterocycles. The smallest absolute Gasteiger partial charge is 0.282 e. The molecule has 0 aliphatic rings. The van der Waals surface area contributed by atoms with Crippen molar-refractivity contribution in [2.75, 3.05) is 13.7 Å². The molecule has 0 aliphatic heterocycles. The highest BCUT2D eigenvalue weighted by molar-refractivity contribution is 9.10. The van der Waals surface area contributed by atoms with Crippen molar-refractivity contribution >= 4 is 33.0 Å². The fraction of sp³-hybridized carbons (Fsp3) is 0.292. The second-order valence-corrected chi connectivity index (χ2v) is 8.20. The zero-order chi connectivity index (χ0) is 22.5. The Bertz CT molecular complexity index is 1200. The molecule has 0 radical (unpaired) electrons. The van der Waals surface area contributed by atoms with Crippen molar-refractivity contribution in [3.63, 3.8) is 0 Å². The van der Waals surface area contributed by atoms with E-state index in [4.69, 9.17) is 9.47 Å². The van der Waals surface area contributed by atoms with Crippen molar-refractivity contribution in [2.24, 2.45) is 5.10 Å². The van der Waals surface area contributed by atoms with Gasteiger partial charge in [0.15, 0.2) is 11.5 Å². The van der Waals surface area contributed by atoms with E-state index in [1.165, 1.54) is 4.68 Å². The zero-order valence-electron chi connectivity index (χ0n) is 18.2. The molecule has 0 spiro atoms. The molecule has 0 fully saturated rings. The first kappa shape index (κ1) is 22.7. The topological polar surface area (TPSA) is 65.7 Å². The Balaban J connectivity index is 2.16. The Morgan fingerprint density at radius 2 is 2.06 bits per heavy atom. The summed E-state index contributed by atoms with van der Waals surface area (Å²) < 4.78 is 13.5. The summed E-state index contributed by atoms with van der Waals surface area (Å²) in [4.78, 5) is 17.9. The molecule has 31 heavy (non-hydrogen) atoms. The van der Waals surface area contributed by atoms with E-state index < -0.39 is 0 Å². The lowest BCUT2D eigenvalue weighted by molar-refractivity contribution is 0.309. The number of allylic oxidation sites excluding steroid dienone is 1. The van der Waals surface area contributed by atoms with Gasteiger partial charge in [0, 0.05) is 16.0 Å². The van der Waals surface area contributed by atoms with Gasteiger partial charge in [-0.2, -0.15) is 9.78 Å². The molecule has 1 aromatic heterocycles. The number of hydrogen-bond donors (Lipinski definition) is 0. The second kappa shape index (κ2) is 9.92. The van der Waals surface area contributed by atoms with Crippen LogP contribution in [0.25, 0.3) is 10.9 Å². The van der Waals surface area contributed by atoms with Gasteiger partial charge in [-0.15, -0.1) is 6.58 Å². The molecule has 6 nitrogen and oxygen atoms in total. The van der Waals surface area contributed by atoms with Gasteiger partial charge in [0.25, 0.3) is 5.56 Å². The third-order valence-corrected chi connectivity index (χ3v) is 5.19. The average Bonchev–Trinajstić information content (AvgIpc) is 2.73. The maximum absolute atomic E-state index is 13.2. The van der Waals surface area contributed by atoms with Crippen LogP contribution in [0.2, 0.25) is 0 Å². The van der Waals surface area contributed by atoms with Crippen LogP contribution in [0.15, 0.2) is 57.4 Å². The van der Waals surface area contributed by atoms with Crippen LogP contribution in [0.4, 0.5) is 0 Å². The van der Waals surface area contributed by atoms with Gasteiger partial charge in [-0.05, 0) is 49.2 Å². The summed E-state index contributed by atoms with van der Waals surface area (Å²) in [5.74, 6) is 1.92. The van der Waals surface area contributed by atoms with Crippen molar-refractivity contribution in [2.45, 2.75) is 33.1 Å². The summed E-state index contributed by atoms with van der Waals surface area (Å²) >= 11 is 3.43. The molecule has 0 aliphatic carbocycles. The fourth-order valence-corrected chi connectivity index (χ4v) is 3.70. The molecule has 0 amide bonds. The Kier molecular flexibility index (Phi) is 7.28. The number of fused-ring (bicyclic) bond motifs is 1. The summed E-state index contributed by atoms with van der Waals surface area (Å²) in [6.45, 7) is 10.2. The van der Waals surface area contributed by atoms with Crippen LogP contribution in [-0.4, -0.2) is 29.6 Å². The Morgan fingerprint density at radius 3 is 2.71 bits per heavy atom. The third-order valence-electron chi connectivity index (χ3n) is 4.69. The van der Waals surface area contributed by atoms with Crippen LogP contribution in [0.3, 0.4) is 0 Å². The lowest BCUT2D eigenvalue weighted by atomic mass is 10.1. The summed E-state index contributed by atoms with van der Waals surface area (Å²) in [7, 11) is 1.62. The van der Waals surface area contributed by atoms with Crippen molar-refractivity contribution in [3.05, 3.63) is 74.8 Å². The van der Waals surface area contributed by atoms with E-state index in [0.717, 1.165) is 15.6 Å². The second-order valence-electron chi connectivity index (χ2n) is 7.28. The van der Waals surface area contributed by atoms with Crippen LogP contribution < -0.4 is 15.0 Å². The fourth-order valence-electron chi connectivity index (χ4n) is 3.34. The number of rotatable bonds is 8.